The zero-order valence-corrected chi connectivity index (χ0v) is 15.1. The van der Waals surface area contributed by atoms with Crippen molar-refractivity contribution in [1.82, 2.24) is 20.6 Å². The molecule has 0 fully saturated rings. The van der Waals surface area contributed by atoms with Crippen LogP contribution in [0.2, 0.25) is 0 Å². The average molecular weight is 543 g/mol. The predicted molar refractivity (Wildman–Crippen MR) is 91.0 cm³/mol. The van der Waals surface area contributed by atoms with E-state index in [1.807, 2.05) is 18.2 Å². The van der Waals surface area contributed by atoms with E-state index < -0.39 is 0 Å². The first-order valence-corrected chi connectivity index (χ1v) is 7.82. The molecule has 96 valence electrons. The van der Waals surface area contributed by atoms with Crippen LogP contribution in [0.4, 0.5) is 5.69 Å². The minimum absolute atomic E-state index is 0.261. The molecule has 2 N–H and O–H groups in total. The Bertz CT molecular complexity index is 638. The predicted octanol–water partition coefficient (Wildman–Crippen LogP) is 3.15. The van der Waals surface area contributed by atoms with Gasteiger partial charge in [0.1, 0.15) is 11.6 Å². The number of benzene rings is 1. The summed E-state index contributed by atoms with van der Waals surface area (Å²) in [6, 6.07) is 6.00. The molecular formula is C10H5BrI2N6. The highest BCUT2D eigenvalue weighted by atomic mass is 127. The Labute approximate surface area is 144 Å². The summed E-state index contributed by atoms with van der Waals surface area (Å²) in [5, 5.41) is 25.5. The zero-order valence-electron chi connectivity index (χ0n) is 9.15. The summed E-state index contributed by atoms with van der Waals surface area (Å²) in [5.74, 6) is 0.261. The average Bonchev–Trinajstić information content (AvgIpc) is 2.86. The number of aromatic amines is 1. The van der Waals surface area contributed by atoms with Crippen molar-refractivity contribution in [2.45, 2.75) is 0 Å². The first-order valence-electron chi connectivity index (χ1n) is 4.87. The van der Waals surface area contributed by atoms with Crippen molar-refractivity contribution in [2.24, 2.45) is 0 Å². The van der Waals surface area contributed by atoms with Crippen LogP contribution in [0, 0.1) is 18.5 Å². The first kappa shape index (κ1) is 14.7. The molecule has 2 aromatic rings. The highest BCUT2D eigenvalue weighted by Gasteiger charge is 2.08. The normalized spacial score (nSPS) is 11.2. The molecule has 0 saturated heterocycles. The lowest BCUT2D eigenvalue weighted by molar-refractivity contribution is 0.881. The van der Waals surface area contributed by atoms with Gasteiger partial charge in [-0.25, -0.2) is 0 Å². The topological polar surface area (TPSA) is 90.3 Å². The van der Waals surface area contributed by atoms with Gasteiger partial charge in [-0.15, -0.1) is 10.2 Å². The Morgan fingerprint density at radius 1 is 1.42 bits per heavy atom. The molecule has 0 unspecified atom stereocenters. The fourth-order valence-electron chi connectivity index (χ4n) is 1.25. The number of rotatable bonds is 3. The molecule has 19 heavy (non-hydrogen) atoms. The number of H-pyrrole nitrogens is 1. The lowest BCUT2D eigenvalue weighted by Crippen LogP contribution is -1.97. The number of allylic oxidation sites excluding steroid dienone is 1. The third-order valence-electron chi connectivity index (χ3n) is 2.07. The zero-order chi connectivity index (χ0) is 13.8. The third-order valence-corrected chi connectivity index (χ3v) is 4.23. The Morgan fingerprint density at radius 2 is 2.11 bits per heavy atom. The van der Waals surface area contributed by atoms with Crippen LogP contribution in [-0.2, 0) is 0 Å². The smallest absolute Gasteiger partial charge is 0.216 e. The third kappa shape index (κ3) is 3.63. The van der Waals surface area contributed by atoms with E-state index in [2.05, 4.69) is 87.1 Å². The van der Waals surface area contributed by atoms with Crippen molar-refractivity contribution in [3.8, 4) is 6.07 Å². The number of hydrogen-bond donors (Lipinski definition) is 2. The quantitative estimate of drug-likeness (QED) is 0.459. The first-order chi connectivity index (χ1) is 9.11. The van der Waals surface area contributed by atoms with Gasteiger partial charge in [0.2, 0.25) is 5.82 Å². The van der Waals surface area contributed by atoms with Gasteiger partial charge in [-0.3, -0.25) is 0 Å². The van der Waals surface area contributed by atoms with Crippen LogP contribution in [0.3, 0.4) is 0 Å². The number of anilines is 1. The number of aromatic nitrogens is 4. The number of nitrogens with one attached hydrogen (secondary N) is 2. The van der Waals surface area contributed by atoms with E-state index in [-0.39, 0.29) is 5.82 Å². The van der Waals surface area contributed by atoms with Gasteiger partial charge in [-0.05, 0) is 62.5 Å². The molecule has 0 atom stereocenters. The molecule has 1 aromatic heterocycles. The second-order valence-corrected chi connectivity index (χ2v) is 6.53. The minimum atomic E-state index is 0.261. The maximum atomic E-state index is 9.07. The van der Waals surface area contributed by atoms with Crippen molar-refractivity contribution in [3.05, 3.63) is 35.8 Å². The van der Waals surface area contributed by atoms with Crippen LogP contribution in [0.15, 0.2) is 22.8 Å². The molecule has 0 bridgehead atoms. The van der Waals surface area contributed by atoms with E-state index in [4.69, 9.17) is 5.26 Å². The number of nitriles is 1. The molecule has 0 aliphatic carbocycles. The highest BCUT2D eigenvalue weighted by Crippen LogP contribution is 2.29. The van der Waals surface area contributed by atoms with Gasteiger partial charge in [0, 0.05) is 17.8 Å². The molecule has 0 saturated carbocycles. The van der Waals surface area contributed by atoms with Crippen molar-refractivity contribution >= 4 is 72.4 Å². The molecule has 2 rings (SSSR count). The fraction of sp³-hybridized carbons (Fsp3) is 0. The van der Waals surface area contributed by atoms with E-state index >= 15 is 0 Å². The molecule has 0 radical (unpaired) electrons. The van der Waals surface area contributed by atoms with Crippen LogP contribution in [0.5, 0.6) is 0 Å². The Hall–Kier alpha value is -0.740. The lowest BCUT2D eigenvalue weighted by atomic mass is 10.3. The van der Waals surface area contributed by atoms with E-state index in [1.54, 1.807) is 6.20 Å². The molecule has 0 aliphatic rings. The lowest BCUT2D eigenvalue weighted by Gasteiger charge is -2.08. The highest BCUT2D eigenvalue weighted by molar-refractivity contribution is 14.1. The molecule has 0 spiro atoms. The van der Waals surface area contributed by atoms with E-state index in [1.165, 1.54) is 0 Å². The molecule has 6 nitrogen and oxygen atoms in total. The second kappa shape index (κ2) is 6.62. The summed E-state index contributed by atoms with van der Waals surface area (Å²) < 4.78 is 3.09. The molecule has 1 heterocycles. The van der Waals surface area contributed by atoms with E-state index in [0.29, 0.717) is 5.57 Å². The minimum Gasteiger partial charge on any atom is -0.359 e. The van der Waals surface area contributed by atoms with Crippen molar-refractivity contribution in [1.29, 1.82) is 5.26 Å². The SMILES string of the molecule is N#CC(=CNc1c(I)cc(Br)cc1I)c1nn[nH]n1. The van der Waals surface area contributed by atoms with Gasteiger partial charge in [-0.2, -0.15) is 10.5 Å². The van der Waals surface area contributed by atoms with Gasteiger partial charge >= 0.3 is 0 Å². The largest absolute Gasteiger partial charge is 0.359 e. The summed E-state index contributed by atoms with van der Waals surface area (Å²) in [5.41, 5.74) is 1.24. The molecular weight excluding hydrogens is 538 g/mol. The summed E-state index contributed by atoms with van der Waals surface area (Å²) in [7, 11) is 0. The van der Waals surface area contributed by atoms with Crippen LogP contribution in [0.1, 0.15) is 5.82 Å². The Morgan fingerprint density at radius 3 is 2.63 bits per heavy atom. The summed E-state index contributed by atoms with van der Waals surface area (Å²) >= 11 is 7.88. The standard InChI is InChI=1S/C10H5BrI2N6/c11-6-1-7(12)9(8(13)2-6)15-4-5(3-14)10-16-18-19-17-10/h1-2,4,15H,(H,16,17,18,19). The van der Waals surface area contributed by atoms with Crippen LogP contribution >= 0.6 is 61.1 Å². The van der Waals surface area contributed by atoms with Crippen LogP contribution in [-0.4, -0.2) is 20.6 Å². The van der Waals surface area contributed by atoms with E-state index in [0.717, 1.165) is 17.3 Å². The number of hydrogen-bond acceptors (Lipinski definition) is 5. The van der Waals surface area contributed by atoms with Gasteiger partial charge in [-0.1, -0.05) is 15.9 Å². The molecule has 0 aliphatic heterocycles. The van der Waals surface area contributed by atoms with Gasteiger partial charge < -0.3 is 5.32 Å². The van der Waals surface area contributed by atoms with Gasteiger partial charge in [0.15, 0.2) is 0 Å². The molecule has 0 amide bonds. The fourth-order valence-corrected chi connectivity index (χ4v) is 4.64. The number of halogens is 3. The van der Waals surface area contributed by atoms with Crippen molar-refractivity contribution < 1.29 is 0 Å². The number of nitrogens with zero attached hydrogens (tertiary/aromatic N) is 4. The second-order valence-electron chi connectivity index (χ2n) is 3.29. The Balaban J connectivity index is 2.30. The van der Waals surface area contributed by atoms with Crippen molar-refractivity contribution in [3.63, 3.8) is 0 Å². The van der Waals surface area contributed by atoms with E-state index in [9.17, 15) is 0 Å². The molecule has 1 aromatic carbocycles. The van der Waals surface area contributed by atoms with Crippen LogP contribution < -0.4 is 5.32 Å². The number of tetrazole rings is 1. The maximum Gasteiger partial charge on any atom is 0.216 e. The molecule has 9 heteroatoms. The monoisotopic (exact) mass is 542 g/mol. The Kier molecular flexibility index (Phi) is 5.11. The van der Waals surface area contributed by atoms with Crippen LogP contribution in [0.25, 0.3) is 5.57 Å². The summed E-state index contributed by atoms with van der Waals surface area (Å²) in [6.45, 7) is 0. The van der Waals surface area contributed by atoms with Gasteiger partial charge in [0.25, 0.3) is 0 Å². The summed E-state index contributed by atoms with van der Waals surface area (Å²) in [4.78, 5) is 0. The maximum absolute atomic E-state index is 9.07. The summed E-state index contributed by atoms with van der Waals surface area (Å²) in [6.07, 6.45) is 1.57. The van der Waals surface area contributed by atoms with Crippen molar-refractivity contribution in [2.75, 3.05) is 5.32 Å². The van der Waals surface area contributed by atoms with Gasteiger partial charge in [0.05, 0.1) is 5.69 Å².